The fourth-order valence-corrected chi connectivity index (χ4v) is 3.98. The normalized spacial score (nSPS) is 14.6. The molecule has 2 aromatic rings. The predicted octanol–water partition coefficient (Wildman–Crippen LogP) is 2.87. The number of thiocarbonyl (C=S) groups is 1. The molecule has 39 heavy (non-hydrogen) atoms. The number of amides is 1. The summed E-state index contributed by atoms with van der Waals surface area (Å²) in [6.07, 6.45) is 1.45. The molecule has 0 aromatic heterocycles. The van der Waals surface area contributed by atoms with Crippen LogP contribution in [0.3, 0.4) is 0 Å². The van der Waals surface area contributed by atoms with E-state index in [0.717, 1.165) is 0 Å². The van der Waals surface area contributed by atoms with Gasteiger partial charge >= 0.3 is 5.97 Å². The van der Waals surface area contributed by atoms with Gasteiger partial charge in [0.25, 0.3) is 5.91 Å². The van der Waals surface area contributed by atoms with Crippen LogP contribution in [-0.2, 0) is 14.3 Å². The highest BCUT2D eigenvalue weighted by molar-refractivity contribution is 7.80. The summed E-state index contributed by atoms with van der Waals surface area (Å²) in [5.41, 5.74) is 4.62. The van der Waals surface area contributed by atoms with Crippen molar-refractivity contribution >= 4 is 35.4 Å². The highest BCUT2D eigenvalue weighted by atomic mass is 32.1. The zero-order valence-corrected chi connectivity index (χ0v) is 22.6. The van der Waals surface area contributed by atoms with Crippen LogP contribution in [0.2, 0.25) is 0 Å². The molecular weight excluding hydrogens is 522 g/mol. The van der Waals surface area contributed by atoms with E-state index in [2.05, 4.69) is 21.2 Å². The molecule has 1 aliphatic heterocycles. The first-order valence-corrected chi connectivity index (χ1v) is 12.5. The Labute approximate surface area is 231 Å². The zero-order valence-electron chi connectivity index (χ0n) is 21.8. The lowest BCUT2D eigenvalue weighted by atomic mass is 9.95. The number of carbonyl (C=O) groups excluding carboxylic acids is 2. The van der Waals surface area contributed by atoms with Crippen molar-refractivity contribution in [1.29, 1.82) is 5.26 Å². The minimum absolute atomic E-state index is 0.104. The number of hydrazone groups is 1. The second kappa shape index (κ2) is 14.3. The van der Waals surface area contributed by atoms with E-state index in [1.807, 2.05) is 13.0 Å². The molecule has 1 amide bonds. The molecule has 3 N–H and O–H groups in total. The van der Waals surface area contributed by atoms with Crippen LogP contribution in [0.4, 0.5) is 0 Å². The Hall–Kier alpha value is -4.63. The van der Waals surface area contributed by atoms with Gasteiger partial charge in [0.2, 0.25) is 0 Å². The second-order valence-electron chi connectivity index (χ2n) is 8.00. The monoisotopic (exact) mass is 551 g/mol. The summed E-state index contributed by atoms with van der Waals surface area (Å²) in [6, 6.07) is 13.4. The molecule has 12 heteroatoms. The fraction of sp³-hybridized carbons (Fsp3) is 0.296. The van der Waals surface area contributed by atoms with Gasteiger partial charge in [-0.1, -0.05) is 18.2 Å². The number of rotatable bonds is 12. The van der Waals surface area contributed by atoms with Gasteiger partial charge in [-0.3, -0.25) is 4.79 Å². The van der Waals surface area contributed by atoms with Gasteiger partial charge in [0.15, 0.2) is 29.8 Å². The van der Waals surface area contributed by atoms with Crippen LogP contribution in [0.5, 0.6) is 17.2 Å². The second-order valence-corrected chi connectivity index (χ2v) is 8.40. The van der Waals surface area contributed by atoms with E-state index < -0.39 is 17.9 Å². The maximum absolute atomic E-state index is 12.7. The number of nitrogens with zero attached hydrogens (tertiary/aromatic N) is 2. The van der Waals surface area contributed by atoms with E-state index in [1.165, 1.54) is 6.21 Å². The highest BCUT2D eigenvalue weighted by Crippen LogP contribution is 2.33. The van der Waals surface area contributed by atoms with Crippen LogP contribution in [-0.4, -0.2) is 49.6 Å². The number of carbonyl (C=O) groups is 2. The molecular formula is C27H29N5O6S. The summed E-state index contributed by atoms with van der Waals surface area (Å²) in [4.78, 5) is 25.1. The Bertz CT molecular complexity index is 1320. The molecule has 0 saturated carbocycles. The van der Waals surface area contributed by atoms with Gasteiger partial charge in [-0.25, -0.2) is 10.2 Å². The summed E-state index contributed by atoms with van der Waals surface area (Å²) in [6.45, 7) is 5.50. The molecule has 2 aromatic carbocycles. The summed E-state index contributed by atoms with van der Waals surface area (Å²) >= 11 is 5.29. The third-order valence-electron chi connectivity index (χ3n) is 5.32. The molecule has 0 radical (unpaired) electrons. The number of esters is 1. The molecule has 0 spiro atoms. The quantitative estimate of drug-likeness (QED) is 0.156. The Morgan fingerprint density at radius 2 is 1.90 bits per heavy atom. The number of nitriles is 1. The van der Waals surface area contributed by atoms with Gasteiger partial charge in [-0.2, -0.15) is 10.4 Å². The molecule has 1 atom stereocenters. The molecule has 0 unspecified atom stereocenters. The molecule has 0 aliphatic carbocycles. The van der Waals surface area contributed by atoms with Crippen molar-refractivity contribution in [3.8, 4) is 23.3 Å². The van der Waals surface area contributed by atoms with Crippen molar-refractivity contribution in [3.63, 3.8) is 0 Å². The largest absolute Gasteiger partial charge is 0.490 e. The summed E-state index contributed by atoms with van der Waals surface area (Å²) < 4.78 is 21.9. The average molecular weight is 552 g/mol. The molecule has 0 fully saturated rings. The SMILES string of the molecule is CCOC(=O)C1=C(C)NC(=S)N[C@H]1c1ccccc1OCC(=O)NN=Cc1ccc(OCC#N)c(OCC)c1. The first-order chi connectivity index (χ1) is 18.9. The van der Waals surface area contributed by atoms with Crippen LogP contribution in [0, 0.1) is 11.3 Å². The molecule has 11 nitrogen and oxygen atoms in total. The lowest BCUT2D eigenvalue weighted by Gasteiger charge is -2.30. The highest BCUT2D eigenvalue weighted by Gasteiger charge is 2.32. The van der Waals surface area contributed by atoms with Gasteiger partial charge in [-0.15, -0.1) is 0 Å². The van der Waals surface area contributed by atoms with Crippen molar-refractivity contribution in [1.82, 2.24) is 16.1 Å². The number of allylic oxidation sites excluding steroid dienone is 1. The first kappa shape index (κ1) is 28.9. The Morgan fingerprint density at radius 1 is 1.10 bits per heavy atom. The summed E-state index contributed by atoms with van der Waals surface area (Å²) in [5, 5.41) is 19.1. The van der Waals surface area contributed by atoms with E-state index in [9.17, 15) is 9.59 Å². The van der Waals surface area contributed by atoms with Crippen LogP contribution >= 0.6 is 12.2 Å². The Morgan fingerprint density at radius 3 is 2.64 bits per heavy atom. The van der Waals surface area contributed by atoms with Crippen molar-refractivity contribution in [2.24, 2.45) is 5.10 Å². The van der Waals surface area contributed by atoms with Crippen molar-refractivity contribution < 1.29 is 28.5 Å². The number of ether oxygens (including phenoxy) is 4. The lowest BCUT2D eigenvalue weighted by Crippen LogP contribution is -2.45. The van der Waals surface area contributed by atoms with Gasteiger partial charge < -0.3 is 29.6 Å². The number of hydrogen-bond donors (Lipinski definition) is 3. The number of hydrogen-bond acceptors (Lipinski definition) is 9. The number of benzene rings is 2. The van der Waals surface area contributed by atoms with E-state index in [4.69, 9.17) is 36.4 Å². The summed E-state index contributed by atoms with van der Waals surface area (Å²) in [5.74, 6) is 0.308. The number of nitrogens with one attached hydrogen (secondary N) is 3. The van der Waals surface area contributed by atoms with E-state index in [1.54, 1.807) is 56.3 Å². The van der Waals surface area contributed by atoms with E-state index >= 15 is 0 Å². The fourth-order valence-electron chi connectivity index (χ4n) is 3.71. The van der Waals surface area contributed by atoms with Gasteiger partial charge in [0, 0.05) is 11.3 Å². The van der Waals surface area contributed by atoms with Crippen LogP contribution < -0.4 is 30.3 Å². The molecule has 204 valence electrons. The van der Waals surface area contributed by atoms with Crippen molar-refractivity contribution in [2.45, 2.75) is 26.8 Å². The van der Waals surface area contributed by atoms with Crippen LogP contribution in [0.1, 0.15) is 37.9 Å². The maximum atomic E-state index is 12.7. The van der Waals surface area contributed by atoms with Gasteiger partial charge in [0.05, 0.1) is 31.0 Å². The van der Waals surface area contributed by atoms with Gasteiger partial charge in [-0.05, 0) is 62.8 Å². The average Bonchev–Trinajstić information content (AvgIpc) is 2.91. The van der Waals surface area contributed by atoms with E-state index in [0.29, 0.717) is 51.4 Å². The molecule has 0 bridgehead atoms. The summed E-state index contributed by atoms with van der Waals surface area (Å²) in [7, 11) is 0. The Kier molecular flexibility index (Phi) is 10.6. The maximum Gasteiger partial charge on any atom is 0.338 e. The molecule has 1 aliphatic rings. The predicted molar refractivity (Wildman–Crippen MR) is 147 cm³/mol. The minimum atomic E-state index is -0.630. The molecule has 0 saturated heterocycles. The molecule has 3 rings (SSSR count). The topological polar surface area (TPSA) is 143 Å². The van der Waals surface area contributed by atoms with E-state index in [-0.39, 0.29) is 19.8 Å². The van der Waals surface area contributed by atoms with Crippen molar-refractivity contribution in [2.75, 3.05) is 26.4 Å². The third kappa shape index (κ3) is 7.93. The standard InChI is InChI=1S/C27H29N5O6S/c1-4-35-22-14-18(10-11-21(22)37-13-12-28)15-29-32-23(33)16-38-20-9-7-6-8-19(20)25-24(26(34)36-5-2)17(3)30-27(39)31-25/h6-11,14-15,25H,4-5,13,16H2,1-3H3,(H,32,33)(H2,30,31,39)/t25-/m0/s1. The Balaban J connectivity index is 1.67. The van der Waals surface area contributed by atoms with Crippen molar-refractivity contribution in [3.05, 3.63) is 64.9 Å². The smallest absolute Gasteiger partial charge is 0.338 e. The van der Waals surface area contributed by atoms with Crippen LogP contribution in [0.25, 0.3) is 0 Å². The third-order valence-corrected chi connectivity index (χ3v) is 5.54. The first-order valence-electron chi connectivity index (χ1n) is 12.1. The molecule has 1 heterocycles. The van der Waals surface area contributed by atoms with Crippen LogP contribution in [0.15, 0.2) is 58.8 Å². The van der Waals surface area contributed by atoms with Gasteiger partial charge in [0.1, 0.15) is 11.8 Å². The minimum Gasteiger partial charge on any atom is -0.490 e. The number of para-hydroxylation sites is 1. The zero-order chi connectivity index (χ0) is 28.2. The lowest BCUT2D eigenvalue weighted by molar-refractivity contribution is -0.139.